The molecular formula is C19H20N2O3S. The highest BCUT2D eigenvalue weighted by molar-refractivity contribution is 7.10. The molecule has 1 N–H and O–H groups in total. The zero-order valence-electron chi connectivity index (χ0n) is 14.0. The number of amides is 2. The van der Waals surface area contributed by atoms with Crippen LogP contribution in [-0.4, -0.2) is 31.0 Å². The van der Waals surface area contributed by atoms with Crippen LogP contribution in [-0.2, 0) is 9.59 Å². The molecule has 2 heterocycles. The summed E-state index contributed by atoms with van der Waals surface area (Å²) in [7, 11) is 0. The first-order chi connectivity index (χ1) is 12.2. The first kappa shape index (κ1) is 17.2. The number of hydrogen-bond acceptors (Lipinski definition) is 4. The molecule has 0 fully saturated rings. The van der Waals surface area contributed by atoms with Crippen molar-refractivity contribution in [3.05, 3.63) is 52.7 Å². The highest BCUT2D eigenvalue weighted by Crippen LogP contribution is 2.33. The molecule has 5 nitrogen and oxygen atoms in total. The first-order valence-electron chi connectivity index (χ1n) is 8.25. The van der Waals surface area contributed by atoms with Crippen LogP contribution in [0, 0.1) is 0 Å². The highest BCUT2D eigenvalue weighted by Gasteiger charge is 2.32. The topological polar surface area (TPSA) is 58.6 Å². The van der Waals surface area contributed by atoms with E-state index in [9.17, 15) is 9.59 Å². The van der Waals surface area contributed by atoms with Gasteiger partial charge in [-0.3, -0.25) is 9.59 Å². The zero-order valence-corrected chi connectivity index (χ0v) is 14.8. The maximum atomic E-state index is 12.7. The standard InChI is InChI=1S/C19H20N2O3S/c1-2-11-20-19(23)17-13-21(15-7-3-4-8-16(15)24-17)18(22)10-9-14-6-5-12-25-14/h3-10,12,17H,2,11,13H2,1H3,(H,20,23)/b10-9+/t17-/m0/s1. The van der Waals surface area contributed by atoms with Crippen LogP contribution in [0.4, 0.5) is 5.69 Å². The van der Waals surface area contributed by atoms with Crippen molar-refractivity contribution in [3.8, 4) is 5.75 Å². The van der Waals surface area contributed by atoms with Crippen LogP contribution in [0.15, 0.2) is 47.9 Å². The van der Waals surface area contributed by atoms with Crippen LogP contribution in [0.1, 0.15) is 18.2 Å². The van der Waals surface area contributed by atoms with E-state index in [1.807, 2.05) is 42.6 Å². The number of nitrogens with zero attached hydrogens (tertiary/aromatic N) is 1. The van der Waals surface area contributed by atoms with Gasteiger partial charge < -0.3 is 15.0 Å². The van der Waals surface area contributed by atoms with E-state index in [1.54, 1.807) is 28.4 Å². The van der Waals surface area contributed by atoms with Crippen molar-refractivity contribution in [1.82, 2.24) is 5.32 Å². The summed E-state index contributed by atoms with van der Waals surface area (Å²) < 4.78 is 5.79. The monoisotopic (exact) mass is 356 g/mol. The SMILES string of the molecule is CCCNC(=O)[C@@H]1CN(C(=O)/C=C/c2cccs2)c2ccccc2O1. The number of thiophene rings is 1. The Labute approximate surface area is 150 Å². The van der Waals surface area contributed by atoms with Crippen molar-refractivity contribution >= 4 is 34.9 Å². The molecule has 2 amide bonds. The van der Waals surface area contributed by atoms with Crippen molar-refractivity contribution in [1.29, 1.82) is 0 Å². The number of nitrogens with one attached hydrogen (secondary N) is 1. The van der Waals surface area contributed by atoms with Crippen LogP contribution < -0.4 is 15.0 Å². The van der Waals surface area contributed by atoms with Crippen molar-refractivity contribution < 1.29 is 14.3 Å². The quantitative estimate of drug-likeness (QED) is 0.838. The van der Waals surface area contributed by atoms with E-state index in [1.165, 1.54) is 6.08 Å². The molecule has 1 atom stereocenters. The molecule has 0 radical (unpaired) electrons. The number of fused-ring (bicyclic) bond motifs is 1. The molecule has 0 aliphatic carbocycles. The third kappa shape index (κ3) is 4.09. The summed E-state index contributed by atoms with van der Waals surface area (Å²) in [5, 5.41) is 4.79. The van der Waals surface area contributed by atoms with Gasteiger partial charge in [0, 0.05) is 17.5 Å². The fraction of sp³-hybridized carbons (Fsp3) is 0.263. The molecule has 1 aliphatic rings. The summed E-state index contributed by atoms with van der Waals surface area (Å²) in [4.78, 5) is 27.6. The molecule has 25 heavy (non-hydrogen) atoms. The number of benzene rings is 1. The van der Waals surface area contributed by atoms with E-state index >= 15 is 0 Å². The van der Waals surface area contributed by atoms with Gasteiger partial charge in [-0.25, -0.2) is 0 Å². The Kier molecular flexibility index (Phi) is 5.50. The number of carbonyl (C=O) groups is 2. The number of para-hydroxylation sites is 2. The molecule has 1 aliphatic heterocycles. The minimum Gasteiger partial charge on any atom is -0.477 e. The summed E-state index contributed by atoms with van der Waals surface area (Å²) in [6, 6.07) is 11.2. The maximum absolute atomic E-state index is 12.7. The second kappa shape index (κ2) is 7.98. The van der Waals surface area contributed by atoms with Gasteiger partial charge in [-0.1, -0.05) is 25.1 Å². The Balaban J connectivity index is 1.81. The molecule has 0 saturated heterocycles. The van der Waals surface area contributed by atoms with Crippen LogP contribution in [0.2, 0.25) is 0 Å². The van der Waals surface area contributed by atoms with Gasteiger partial charge in [0.15, 0.2) is 6.10 Å². The summed E-state index contributed by atoms with van der Waals surface area (Å²) in [6.45, 7) is 2.77. The molecule has 0 unspecified atom stereocenters. The smallest absolute Gasteiger partial charge is 0.262 e. The van der Waals surface area contributed by atoms with Gasteiger partial charge in [-0.2, -0.15) is 0 Å². The molecule has 2 aromatic rings. The van der Waals surface area contributed by atoms with Gasteiger partial charge in [0.1, 0.15) is 5.75 Å². The molecule has 0 bridgehead atoms. The van der Waals surface area contributed by atoms with Gasteiger partial charge >= 0.3 is 0 Å². The Morgan fingerprint density at radius 1 is 1.32 bits per heavy atom. The van der Waals surface area contributed by atoms with Crippen LogP contribution >= 0.6 is 11.3 Å². The van der Waals surface area contributed by atoms with Gasteiger partial charge in [0.05, 0.1) is 12.2 Å². The summed E-state index contributed by atoms with van der Waals surface area (Å²) in [5.74, 6) is 0.178. The number of rotatable bonds is 5. The summed E-state index contributed by atoms with van der Waals surface area (Å²) in [5.41, 5.74) is 0.683. The second-order valence-electron chi connectivity index (χ2n) is 5.66. The van der Waals surface area contributed by atoms with Crippen LogP contribution in [0.3, 0.4) is 0 Å². The minimum atomic E-state index is -0.708. The Morgan fingerprint density at radius 3 is 2.92 bits per heavy atom. The Bertz CT molecular complexity index is 771. The average molecular weight is 356 g/mol. The van der Waals surface area contributed by atoms with Gasteiger partial charge in [-0.15, -0.1) is 11.3 Å². The van der Waals surface area contributed by atoms with E-state index in [4.69, 9.17) is 4.74 Å². The molecule has 1 aromatic carbocycles. The molecule has 0 saturated carbocycles. The van der Waals surface area contributed by atoms with E-state index in [0.717, 1.165) is 11.3 Å². The van der Waals surface area contributed by atoms with Crippen molar-refractivity contribution in [3.63, 3.8) is 0 Å². The van der Waals surface area contributed by atoms with Crippen molar-refractivity contribution in [2.45, 2.75) is 19.4 Å². The van der Waals surface area contributed by atoms with E-state index < -0.39 is 6.10 Å². The lowest BCUT2D eigenvalue weighted by Gasteiger charge is -2.33. The van der Waals surface area contributed by atoms with Gasteiger partial charge in [0.2, 0.25) is 0 Å². The number of carbonyl (C=O) groups excluding carboxylic acids is 2. The molecular weight excluding hydrogens is 336 g/mol. The lowest BCUT2D eigenvalue weighted by molar-refractivity contribution is -0.128. The van der Waals surface area contributed by atoms with Gasteiger partial charge in [0.25, 0.3) is 11.8 Å². The fourth-order valence-corrected chi connectivity index (χ4v) is 3.19. The third-order valence-corrected chi connectivity index (χ3v) is 4.65. The minimum absolute atomic E-state index is 0.169. The lowest BCUT2D eigenvalue weighted by Crippen LogP contribution is -2.50. The molecule has 1 aromatic heterocycles. The second-order valence-corrected chi connectivity index (χ2v) is 6.64. The molecule has 0 spiro atoms. The van der Waals surface area contributed by atoms with E-state index in [-0.39, 0.29) is 18.4 Å². The predicted octanol–water partition coefficient (Wildman–Crippen LogP) is 3.08. The predicted molar refractivity (Wildman–Crippen MR) is 99.9 cm³/mol. The van der Waals surface area contributed by atoms with Crippen LogP contribution in [0.5, 0.6) is 5.75 Å². The fourth-order valence-electron chi connectivity index (χ4n) is 2.57. The van der Waals surface area contributed by atoms with Crippen molar-refractivity contribution in [2.75, 3.05) is 18.0 Å². The summed E-state index contributed by atoms with van der Waals surface area (Å²) >= 11 is 1.57. The number of ether oxygens (including phenoxy) is 1. The molecule has 130 valence electrons. The zero-order chi connectivity index (χ0) is 17.6. The van der Waals surface area contributed by atoms with Crippen LogP contribution in [0.25, 0.3) is 6.08 Å². The number of hydrogen-bond donors (Lipinski definition) is 1. The van der Waals surface area contributed by atoms with Gasteiger partial charge in [-0.05, 0) is 36.1 Å². The van der Waals surface area contributed by atoms with E-state index in [0.29, 0.717) is 18.0 Å². The third-order valence-electron chi connectivity index (χ3n) is 3.81. The highest BCUT2D eigenvalue weighted by atomic mass is 32.1. The first-order valence-corrected chi connectivity index (χ1v) is 9.13. The summed E-state index contributed by atoms with van der Waals surface area (Å²) in [6.07, 6.45) is 3.47. The molecule has 6 heteroatoms. The Hall–Kier alpha value is -2.60. The largest absolute Gasteiger partial charge is 0.477 e. The van der Waals surface area contributed by atoms with Crippen molar-refractivity contribution in [2.24, 2.45) is 0 Å². The average Bonchev–Trinajstić information content (AvgIpc) is 3.16. The lowest BCUT2D eigenvalue weighted by atomic mass is 10.1. The van der Waals surface area contributed by atoms with E-state index in [2.05, 4.69) is 5.32 Å². The maximum Gasteiger partial charge on any atom is 0.262 e. The molecule has 3 rings (SSSR count). The normalized spacial score (nSPS) is 16.4. The number of anilines is 1. The Morgan fingerprint density at radius 2 is 2.16 bits per heavy atom.